The van der Waals surface area contributed by atoms with Crippen molar-refractivity contribution >= 4 is 0 Å². The van der Waals surface area contributed by atoms with Crippen molar-refractivity contribution in [2.45, 2.75) is 38.0 Å². The van der Waals surface area contributed by atoms with Crippen LogP contribution in [0.5, 0.6) is 0 Å². The van der Waals surface area contributed by atoms with E-state index < -0.39 is 0 Å². The molecule has 2 unspecified atom stereocenters. The van der Waals surface area contributed by atoms with Gasteiger partial charge in [-0.3, -0.25) is 9.88 Å². The molecule has 1 aromatic heterocycles. The van der Waals surface area contributed by atoms with E-state index >= 15 is 0 Å². The SMILES string of the molecule is CC(N)C(c1ccccn1)N1CCC(OCCO)CC1. The van der Waals surface area contributed by atoms with E-state index in [1.54, 1.807) is 0 Å². The summed E-state index contributed by atoms with van der Waals surface area (Å²) in [6.07, 6.45) is 4.05. The van der Waals surface area contributed by atoms with Gasteiger partial charge < -0.3 is 15.6 Å². The molecule has 2 atom stereocenters. The van der Waals surface area contributed by atoms with Crippen molar-refractivity contribution in [3.8, 4) is 0 Å². The third-order valence-corrected chi connectivity index (χ3v) is 3.80. The van der Waals surface area contributed by atoms with Crippen LogP contribution in [0, 0.1) is 0 Å². The smallest absolute Gasteiger partial charge is 0.0701 e. The molecular formula is C15H25N3O2. The zero-order valence-electron chi connectivity index (χ0n) is 12.1. The van der Waals surface area contributed by atoms with Gasteiger partial charge in [-0.2, -0.15) is 0 Å². The van der Waals surface area contributed by atoms with Gasteiger partial charge in [-0.25, -0.2) is 0 Å². The van der Waals surface area contributed by atoms with Gasteiger partial charge >= 0.3 is 0 Å². The molecule has 1 fully saturated rings. The predicted octanol–water partition coefficient (Wildman–Crippen LogP) is 0.943. The average Bonchev–Trinajstić information content (AvgIpc) is 2.47. The lowest BCUT2D eigenvalue weighted by Gasteiger charge is -2.38. The number of pyridine rings is 1. The maximum atomic E-state index is 8.80. The largest absolute Gasteiger partial charge is 0.394 e. The second kappa shape index (κ2) is 7.69. The summed E-state index contributed by atoms with van der Waals surface area (Å²) in [5.74, 6) is 0. The molecule has 3 N–H and O–H groups in total. The van der Waals surface area contributed by atoms with Crippen LogP contribution in [0.3, 0.4) is 0 Å². The van der Waals surface area contributed by atoms with E-state index in [2.05, 4.69) is 9.88 Å². The summed E-state index contributed by atoms with van der Waals surface area (Å²) in [6.45, 7) is 4.48. The summed E-state index contributed by atoms with van der Waals surface area (Å²) in [6, 6.07) is 6.18. The molecule has 0 saturated carbocycles. The van der Waals surface area contributed by atoms with Gasteiger partial charge in [0, 0.05) is 25.3 Å². The van der Waals surface area contributed by atoms with E-state index in [1.165, 1.54) is 0 Å². The van der Waals surface area contributed by atoms with Crippen LogP contribution in [0.25, 0.3) is 0 Å². The van der Waals surface area contributed by atoms with Gasteiger partial charge in [-0.05, 0) is 31.9 Å². The number of nitrogens with two attached hydrogens (primary N) is 1. The van der Waals surface area contributed by atoms with E-state index in [0.717, 1.165) is 31.6 Å². The van der Waals surface area contributed by atoms with Crippen molar-refractivity contribution < 1.29 is 9.84 Å². The molecule has 0 aliphatic carbocycles. The molecule has 112 valence electrons. The zero-order chi connectivity index (χ0) is 14.4. The number of likely N-dealkylation sites (tertiary alicyclic amines) is 1. The molecule has 20 heavy (non-hydrogen) atoms. The van der Waals surface area contributed by atoms with Crippen molar-refractivity contribution in [3.05, 3.63) is 30.1 Å². The fourth-order valence-corrected chi connectivity index (χ4v) is 2.88. The summed E-state index contributed by atoms with van der Waals surface area (Å²) in [5.41, 5.74) is 7.21. The fraction of sp³-hybridized carbons (Fsp3) is 0.667. The van der Waals surface area contributed by atoms with Crippen molar-refractivity contribution in [1.82, 2.24) is 9.88 Å². The van der Waals surface area contributed by atoms with Gasteiger partial charge in [-0.15, -0.1) is 0 Å². The average molecular weight is 279 g/mol. The molecule has 2 rings (SSSR count). The topological polar surface area (TPSA) is 71.6 Å². The molecule has 5 heteroatoms. The monoisotopic (exact) mass is 279 g/mol. The Morgan fingerprint density at radius 2 is 2.20 bits per heavy atom. The quantitative estimate of drug-likeness (QED) is 0.811. The minimum absolute atomic E-state index is 0.0415. The Kier molecular flexibility index (Phi) is 5.91. The molecule has 1 aliphatic rings. The normalized spacial score (nSPS) is 20.8. The van der Waals surface area contributed by atoms with Crippen LogP contribution in [-0.2, 0) is 4.74 Å². The predicted molar refractivity (Wildman–Crippen MR) is 78.3 cm³/mol. The summed E-state index contributed by atoms with van der Waals surface area (Å²) in [7, 11) is 0. The van der Waals surface area contributed by atoms with Crippen LogP contribution >= 0.6 is 0 Å². The first-order valence-electron chi connectivity index (χ1n) is 7.35. The molecule has 1 saturated heterocycles. The van der Waals surface area contributed by atoms with Gasteiger partial charge in [0.05, 0.1) is 31.1 Å². The van der Waals surface area contributed by atoms with Gasteiger partial charge in [0.25, 0.3) is 0 Å². The van der Waals surface area contributed by atoms with Gasteiger partial charge in [-0.1, -0.05) is 6.07 Å². The molecule has 0 bridgehead atoms. The zero-order valence-corrected chi connectivity index (χ0v) is 12.1. The number of rotatable bonds is 6. The molecule has 2 heterocycles. The molecule has 1 aromatic rings. The fourth-order valence-electron chi connectivity index (χ4n) is 2.88. The van der Waals surface area contributed by atoms with E-state index in [4.69, 9.17) is 15.6 Å². The van der Waals surface area contributed by atoms with Crippen LogP contribution in [0.4, 0.5) is 0 Å². The summed E-state index contributed by atoms with van der Waals surface area (Å²) in [4.78, 5) is 6.85. The number of aliphatic hydroxyl groups is 1. The first-order valence-corrected chi connectivity index (χ1v) is 7.35. The maximum absolute atomic E-state index is 8.80. The van der Waals surface area contributed by atoms with Crippen LogP contribution in [0.15, 0.2) is 24.4 Å². The number of hydrogen-bond acceptors (Lipinski definition) is 5. The van der Waals surface area contributed by atoms with Crippen molar-refractivity contribution in [2.24, 2.45) is 5.73 Å². The molecular weight excluding hydrogens is 254 g/mol. The first kappa shape index (κ1) is 15.4. The van der Waals surface area contributed by atoms with Crippen LogP contribution in [-0.4, -0.2) is 53.4 Å². The number of aromatic nitrogens is 1. The minimum Gasteiger partial charge on any atom is -0.394 e. The standard InChI is InChI=1S/C15H25N3O2/c1-12(16)15(14-4-2-3-7-17-14)18-8-5-13(6-9-18)20-11-10-19/h2-4,7,12-13,15,19H,5-6,8-11,16H2,1H3. The van der Waals surface area contributed by atoms with Gasteiger partial charge in [0.15, 0.2) is 0 Å². The molecule has 0 aromatic carbocycles. The second-order valence-corrected chi connectivity index (χ2v) is 5.39. The van der Waals surface area contributed by atoms with Crippen LogP contribution < -0.4 is 5.73 Å². The summed E-state index contributed by atoms with van der Waals surface area (Å²) in [5, 5.41) is 8.80. The molecule has 0 radical (unpaired) electrons. The lowest BCUT2D eigenvalue weighted by Crippen LogP contribution is -2.45. The van der Waals surface area contributed by atoms with E-state index in [9.17, 15) is 0 Å². The van der Waals surface area contributed by atoms with Gasteiger partial charge in [0.2, 0.25) is 0 Å². The van der Waals surface area contributed by atoms with Crippen LogP contribution in [0.1, 0.15) is 31.5 Å². The molecule has 1 aliphatic heterocycles. The van der Waals surface area contributed by atoms with Crippen LogP contribution in [0.2, 0.25) is 0 Å². The molecule has 0 amide bonds. The third kappa shape index (κ3) is 3.99. The number of ether oxygens (including phenoxy) is 1. The number of nitrogens with zero attached hydrogens (tertiary/aromatic N) is 2. The Balaban J connectivity index is 1.96. The Hall–Kier alpha value is -1.01. The number of hydrogen-bond donors (Lipinski definition) is 2. The van der Waals surface area contributed by atoms with Crippen molar-refractivity contribution in [2.75, 3.05) is 26.3 Å². The lowest BCUT2D eigenvalue weighted by atomic mass is 9.99. The molecule has 5 nitrogen and oxygen atoms in total. The highest BCUT2D eigenvalue weighted by molar-refractivity contribution is 5.11. The maximum Gasteiger partial charge on any atom is 0.0701 e. The Bertz CT molecular complexity index is 378. The highest BCUT2D eigenvalue weighted by Crippen LogP contribution is 2.26. The minimum atomic E-state index is 0.0415. The number of piperidine rings is 1. The summed E-state index contributed by atoms with van der Waals surface area (Å²) < 4.78 is 5.60. The van der Waals surface area contributed by atoms with E-state index in [-0.39, 0.29) is 24.8 Å². The third-order valence-electron chi connectivity index (χ3n) is 3.80. The highest BCUT2D eigenvalue weighted by atomic mass is 16.5. The Morgan fingerprint density at radius 3 is 2.75 bits per heavy atom. The van der Waals surface area contributed by atoms with Crippen molar-refractivity contribution in [1.29, 1.82) is 0 Å². The number of aliphatic hydroxyl groups excluding tert-OH is 1. The lowest BCUT2D eigenvalue weighted by molar-refractivity contribution is -0.0176. The van der Waals surface area contributed by atoms with E-state index in [0.29, 0.717) is 6.61 Å². The first-order chi connectivity index (χ1) is 9.72. The Morgan fingerprint density at radius 1 is 1.45 bits per heavy atom. The highest BCUT2D eigenvalue weighted by Gasteiger charge is 2.29. The Labute approximate surface area is 120 Å². The summed E-state index contributed by atoms with van der Waals surface area (Å²) >= 11 is 0. The van der Waals surface area contributed by atoms with E-state index in [1.807, 2.05) is 31.3 Å². The van der Waals surface area contributed by atoms with Gasteiger partial charge in [0.1, 0.15) is 0 Å². The van der Waals surface area contributed by atoms with Crippen molar-refractivity contribution in [3.63, 3.8) is 0 Å². The molecule has 0 spiro atoms. The second-order valence-electron chi connectivity index (χ2n) is 5.39.